The second-order valence-electron chi connectivity index (χ2n) is 6.00. The Bertz CT molecular complexity index is 700. The van der Waals surface area contributed by atoms with Gasteiger partial charge in [-0.05, 0) is 26.8 Å². The fraction of sp³-hybridized carbons (Fsp3) is 0.533. The first-order chi connectivity index (χ1) is 10.0. The molecule has 2 aromatic rings. The third kappa shape index (κ3) is 2.39. The van der Waals surface area contributed by atoms with Gasteiger partial charge in [0.15, 0.2) is 0 Å². The Morgan fingerprint density at radius 3 is 3.00 bits per heavy atom. The Labute approximate surface area is 123 Å². The van der Waals surface area contributed by atoms with Crippen molar-refractivity contribution in [1.29, 1.82) is 5.26 Å². The zero-order valence-corrected chi connectivity index (χ0v) is 12.5. The fourth-order valence-electron chi connectivity index (χ4n) is 2.72. The molecule has 1 fully saturated rings. The monoisotopic (exact) mass is 285 g/mol. The van der Waals surface area contributed by atoms with Gasteiger partial charge in [-0.15, -0.1) is 0 Å². The number of hydrogen-bond donors (Lipinski definition) is 2. The van der Waals surface area contributed by atoms with Crippen LogP contribution in [0.2, 0.25) is 0 Å². The molecule has 0 spiro atoms. The van der Waals surface area contributed by atoms with Gasteiger partial charge >= 0.3 is 0 Å². The normalized spacial score (nSPS) is 23.1. The number of fused-ring (bicyclic) bond motifs is 1. The lowest BCUT2D eigenvalue weighted by Gasteiger charge is -2.30. The summed E-state index contributed by atoms with van der Waals surface area (Å²) in [7, 11) is 0. The summed E-state index contributed by atoms with van der Waals surface area (Å²) >= 11 is 0. The number of aromatic amines is 1. The maximum absolute atomic E-state index is 9.45. The molecule has 0 amide bonds. The molecule has 1 aliphatic heterocycles. The SMILES string of the molecule is CC1NCCOC1c1cc(C(C)(C)C#N)c2[nH]ncc2n1. The van der Waals surface area contributed by atoms with Gasteiger partial charge < -0.3 is 10.1 Å². The summed E-state index contributed by atoms with van der Waals surface area (Å²) in [5.41, 5.74) is 2.73. The van der Waals surface area contributed by atoms with Crippen LogP contribution in [-0.4, -0.2) is 34.4 Å². The summed E-state index contributed by atoms with van der Waals surface area (Å²) < 4.78 is 5.86. The van der Waals surface area contributed by atoms with Crippen molar-refractivity contribution < 1.29 is 4.74 Å². The number of H-pyrrole nitrogens is 1. The Hall–Kier alpha value is -1.97. The molecule has 0 aromatic carbocycles. The van der Waals surface area contributed by atoms with Crippen LogP contribution in [0.25, 0.3) is 11.0 Å². The molecule has 3 heterocycles. The first kappa shape index (κ1) is 14.0. The summed E-state index contributed by atoms with van der Waals surface area (Å²) in [4.78, 5) is 4.65. The van der Waals surface area contributed by atoms with E-state index in [-0.39, 0.29) is 12.1 Å². The average molecular weight is 285 g/mol. The Kier molecular flexibility index (Phi) is 3.40. The average Bonchev–Trinajstić information content (AvgIpc) is 2.94. The molecule has 1 saturated heterocycles. The Morgan fingerprint density at radius 1 is 1.48 bits per heavy atom. The molecule has 3 rings (SSSR count). The zero-order chi connectivity index (χ0) is 15.0. The van der Waals surface area contributed by atoms with Gasteiger partial charge in [-0.1, -0.05) is 0 Å². The van der Waals surface area contributed by atoms with Crippen LogP contribution in [0.5, 0.6) is 0 Å². The molecule has 6 nitrogen and oxygen atoms in total. The minimum absolute atomic E-state index is 0.105. The molecule has 0 radical (unpaired) electrons. The number of nitrogens with zero attached hydrogens (tertiary/aromatic N) is 3. The molecule has 21 heavy (non-hydrogen) atoms. The second kappa shape index (κ2) is 5.10. The highest BCUT2D eigenvalue weighted by Gasteiger charge is 2.29. The van der Waals surface area contributed by atoms with Crippen molar-refractivity contribution in [2.75, 3.05) is 13.2 Å². The lowest BCUT2D eigenvalue weighted by atomic mass is 9.85. The fourth-order valence-corrected chi connectivity index (χ4v) is 2.72. The number of pyridine rings is 1. The van der Waals surface area contributed by atoms with E-state index in [9.17, 15) is 5.26 Å². The van der Waals surface area contributed by atoms with Crippen molar-refractivity contribution in [2.24, 2.45) is 0 Å². The van der Waals surface area contributed by atoms with E-state index in [1.54, 1.807) is 6.20 Å². The molecule has 0 bridgehead atoms. The first-order valence-electron chi connectivity index (χ1n) is 7.13. The zero-order valence-electron chi connectivity index (χ0n) is 12.5. The minimum Gasteiger partial charge on any atom is -0.369 e. The van der Waals surface area contributed by atoms with Crippen molar-refractivity contribution in [3.8, 4) is 6.07 Å². The quantitative estimate of drug-likeness (QED) is 0.878. The van der Waals surface area contributed by atoms with Crippen LogP contribution in [0.4, 0.5) is 0 Å². The lowest BCUT2D eigenvalue weighted by molar-refractivity contribution is -0.00268. The standard InChI is InChI=1S/C15H19N5O/c1-9-14(21-5-4-17-9)11-6-10(15(2,3)8-16)13-12(19-11)7-18-20-13/h6-7,9,14,17H,4-5H2,1-3H3,(H,18,20). The van der Waals surface area contributed by atoms with Gasteiger partial charge in [0, 0.05) is 18.2 Å². The summed E-state index contributed by atoms with van der Waals surface area (Å²) in [6, 6.07) is 4.51. The highest BCUT2D eigenvalue weighted by molar-refractivity contribution is 5.79. The van der Waals surface area contributed by atoms with E-state index < -0.39 is 5.41 Å². The number of aromatic nitrogens is 3. The van der Waals surface area contributed by atoms with E-state index in [2.05, 4.69) is 33.5 Å². The van der Waals surface area contributed by atoms with Crippen LogP contribution in [0.3, 0.4) is 0 Å². The molecular formula is C15H19N5O. The number of rotatable bonds is 2. The molecule has 0 aliphatic carbocycles. The molecule has 110 valence electrons. The van der Waals surface area contributed by atoms with Crippen LogP contribution in [-0.2, 0) is 10.2 Å². The van der Waals surface area contributed by atoms with E-state index in [0.29, 0.717) is 6.61 Å². The molecule has 0 saturated carbocycles. The maximum atomic E-state index is 9.45. The van der Waals surface area contributed by atoms with Crippen molar-refractivity contribution >= 4 is 11.0 Å². The third-order valence-corrected chi connectivity index (χ3v) is 3.99. The van der Waals surface area contributed by atoms with Gasteiger partial charge in [-0.3, -0.25) is 5.10 Å². The highest BCUT2D eigenvalue weighted by atomic mass is 16.5. The number of nitrogens with one attached hydrogen (secondary N) is 2. The number of nitriles is 1. The molecule has 2 aromatic heterocycles. The minimum atomic E-state index is -0.617. The molecule has 2 unspecified atom stereocenters. The predicted octanol–water partition coefficient (Wildman–Crippen LogP) is 1.81. The van der Waals surface area contributed by atoms with Crippen molar-refractivity contribution in [1.82, 2.24) is 20.5 Å². The number of hydrogen-bond acceptors (Lipinski definition) is 5. The summed E-state index contributed by atoms with van der Waals surface area (Å²) in [5, 5.41) is 19.9. The molecule has 6 heteroatoms. The van der Waals surface area contributed by atoms with E-state index in [4.69, 9.17) is 4.74 Å². The van der Waals surface area contributed by atoms with Gasteiger partial charge in [0.05, 0.1) is 35.5 Å². The predicted molar refractivity (Wildman–Crippen MR) is 78.7 cm³/mol. The Balaban J connectivity index is 2.15. The third-order valence-electron chi connectivity index (χ3n) is 3.99. The smallest absolute Gasteiger partial charge is 0.114 e. The molecular weight excluding hydrogens is 266 g/mol. The van der Waals surface area contributed by atoms with Crippen LogP contribution in [0, 0.1) is 11.3 Å². The van der Waals surface area contributed by atoms with E-state index in [1.165, 1.54) is 0 Å². The summed E-state index contributed by atoms with van der Waals surface area (Å²) in [5.74, 6) is 0. The van der Waals surface area contributed by atoms with E-state index in [0.717, 1.165) is 28.8 Å². The molecule has 2 N–H and O–H groups in total. The molecule has 1 aliphatic rings. The van der Waals surface area contributed by atoms with Crippen LogP contribution in [0.15, 0.2) is 12.3 Å². The van der Waals surface area contributed by atoms with Gasteiger partial charge in [0.1, 0.15) is 11.6 Å². The highest BCUT2D eigenvalue weighted by Crippen LogP contribution is 2.32. The first-order valence-corrected chi connectivity index (χ1v) is 7.13. The topological polar surface area (TPSA) is 86.6 Å². The second-order valence-corrected chi connectivity index (χ2v) is 6.00. The summed E-state index contributed by atoms with van der Waals surface area (Å²) in [6.07, 6.45) is 1.59. The van der Waals surface area contributed by atoms with Gasteiger partial charge in [0.25, 0.3) is 0 Å². The largest absolute Gasteiger partial charge is 0.369 e. The molecule has 2 atom stereocenters. The van der Waals surface area contributed by atoms with Crippen LogP contribution in [0.1, 0.15) is 38.1 Å². The van der Waals surface area contributed by atoms with Crippen LogP contribution >= 0.6 is 0 Å². The van der Waals surface area contributed by atoms with Gasteiger partial charge in [0.2, 0.25) is 0 Å². The van der Waals surface area contributed by atoms with Gasteiger partial charge in [-0.25, -0.2) is 4.98 Å². The number of ether oxygens (including phenoxy) is 1. The lowest BCUT2D eigenvalue weighted by Crippen LogP contribution is -2.41. The maximum Gasteiger partial charge on any atom is 0.114 e. The van der Waals surface area contributed by atoms with Crippen LogP contribution < -0.4 is 5.32 Å². The van der Waals surface area contributed by atoms with Gasteiger partial charge in [-0.2, -0.15) is 10.4 Å². The van der Waals surface area contributed by atoms with Crippen molar-refractivity contribution in [3.05, 3.63) is 23.5 Å². The van der Waals surface area contributed by atoms with E-state index in [1.807, 2.05) is 19.9 Å². The summed E-state index contributed by atoms with van der Waals surface area (Å²) in [6.45, 7) is 7.39. The van der Waals surface area contributed by atoms with E-state index >= 15 is 0 Å². The Morgan fingerprint density at radius 2 is 2.29 bits per heavy atom. The number of morpholine rings is 1. The van der Waals surface area contributed by atoms with Crippen molar-refractivity contribution in [3.63, 3.8) is 0 Å². The van der Waals surface area contributed by atoms with Crippen molar-refractivity contribution in [2.45, 2.75) is 38.3 Å².